The molecular weight excluding hydrogens is 200 g/mol. The molecule has 16 heavy (non-hydrogen) atoms. The van der Waals surface area contributed by atoms with Crippen LogP contribution in [-0.4, -0.2) is 19.1 Å². The maximum absolute atomic E-state index is 5.33. The minimum Gasteiger partial charge on any atom is -0.495 e. The van der Waals surface area contributed by atoms with Crippen molar-refractivity contribution in [1.29, 1.82) is 0 Å². The Morgan fingerprint density at radius 3 is 2.88 bits per heavy atom. The Labute approximate surface area is 98.2 Å². The lowest BCUT2D eigenvalue weighted by Gasteiger charge is -2.17. The van der Waals surface area contributed by atoms with Gasteiger partial charge in [-0.25, -0.2) is 0 Å². The number of ether oxygens (including phenoxy) is 1. The Morgan fingerprint density at radius 2 is 2.25 bits per heavy atom. The monoisotopic (exact) mass is 222 g/mol. The average molecular weight is 222 g/mol. The van der Waals surface area contributed by atoms with Gasteiger partial charge in [-0.15, -0.1) is 0 Å². The molecule has 1 atom stereocenters. The minimum atomic E-state index is 0.294. The standard InChI is InChI=1S/C13H22N2O/c1-4-5-6-8-11(14-2)13-12(16-3)9-7-10-15-13/h7,9-11,14H,4-6,8H2,1-3H3. The Balaban J connectivity index is 2.69. The summed E-state index contributed by atoms with van der Waals surface area (Å²) in [6.07, 6.45) is 6.67. The van der Waals surface area contributed by atoms with Gasteiger partial charge in [0.15, 0.2) is 0 Å². The Kier molecular flexibility index (Phi) is 5.86. The highest BCUT2D eigenvalue weighted by Crippen LogP contribution is 2.25. The van der Waals surface area contributed by atoms with Crippen molar-refractivity contribution in [3.63, 3.8) is 0 Å². The summed E-state index contributed by atoms with van der Waals surface area (Å²) in [4.78, 5) is 4.41. The maximum atomic E-state index is 5.33. The Morgan fingerprint density at radius 1 is 1.44 bits per heavy atom. The molecule has 0 fully saturated rings. The highest BCUT2D eigenvalue weighted by molar-refractivity contribution is 5.29. The normalized spacial score (nSPS) is 12.4. The Hall–Kier alpha value is -1.09. The van der Waals surface area contributed by atoms with Crippen LogP contribution in [0.3, 0.4) is 0 Å². The van der Waals surface area contributed by atoms with Crippen molar-refractivity contribution < 1.29 is 4.74 Å². The van der Waals surface area contributed by atoms with Gasteiger partial charge in [-0.1, -0.05) is 26.2 Å². The zero-order chi connectivity index (χ0) is 11.8. The van der Waals surface area contributed by atoms with Crippen molar-refractivity contribution >= 4 is 0 Å². The van der Waals surface area contributed by atoms with Gasteiger partial charge in [0, 0.05) is 6.20 Å². The summed E-state index contributed by atoms with van der Waals surface area (Å²) in [7, 11) is 3.67. The van der Waals surface area contributed by atoms with E-state index in [-0.39, 0.29) is 0 Å². The molecule has 0 aliphatic carbocycles. The first-order valence-corrected chi connectivity index (χ1v) is 5.99. The zero-order valence-electron chi connectivity index (χ0n) is 10.5. The molecule has 0 aromatic carbocycles. The fourth-order valence-corrected chi connectivity index (χ4v) is 1.85. The molecule has 90 valence electrons. The van der Waals surface area contributed by atoms with Gasteiger partial charge >= 0.3 is 0 Å². The van der Waals surface area contributed by atoms with E-state index in [2.05, 4.69) is 17.2 Å². The molecule has 1 heterocycles. The highest BCUT2D eigenvalue weighted by atomic mass is 16.5. The molecular formula is C13H22N2O. The van der Waals surface area contributed by atoms with Crippen LogP contribution in [0.1, 0.15) is 44.3 Å². The second-order valence-corrected chi connectivity index (χ2v) is 3.93. The van der Waals surface area contributed by atoms with Crippen molar-refractivity contribution in [2.75, 3.05) is 14.2 Å². The minimum absolute atomic E-state index is 0.294. The molecule has 0 bridgehead atoms. The molecule has 1 unspecified atom stereocenters. The van der Waals surface area contributed by atoms with Crippen LogP contribution < -0.4 is 10.1 Å². The highest BCUT2D eigenvalue weighted by Gasteiger charge is 2.14. The van der Waals surface area contributed by atoms with Gasteiger partial charge in [0.2, 0.25) is 0 Å². The lowest BCUT2D eigenvalue weighted by molar-refractivity contribution is 0.391. The molecule has 0 saturated carbocycles. The third-order valence-electron chi connectivity index (χ3n) is 2.79. The van der Waals surface area contributed by atoms with E-state index >= 15 is 0 Å². The van der Waals surface area contributed by atoms with Crippen molar-refractivity contribution in [1.82, 2.24) is 10.3 Å². The summed E-state index contributed by atoms with van der Waals surface area (Å²) in [5.74, 6) is 0.873. The van der Waals surface area contributed by atoms with E-state index in [1.54, 1.807) is 7.11 Å². The number of rotatable bonds is 7. The number of aromatic nitrogens is 1. The number of unbranched alkanes of at least 4 members (excludes halogenated alkanes) is 2. The number of nitrogens with zero attached hydrogens (tertiary/aromatic N) is 1. The quantitative estimate of drug-likeness (QED) is 0.720. The number of pyridine rings is 1. The van der Waals surface area contributed by atoms with Gasteiger partial charge in [-0.05, 0) is 25.6 Å². The van der Waals surface area contributed by atoms with Gasteiger partial charge in [0.1, 0.15) is 5.75 Å². The number of nitrogens with one attached hydrogen (secondary N) is 1. The lowest BCUT2D eigenvalue weighted by atomic mass is 10.0. The average Bonchev–Trinajstić information content (AvgIpc) is 2.35. The molecule has 3 heteroatoms. The van der Waals surface area contributed by atoms with E-state index < -0.39 is 0 Å². The molecule has 1 N–H and O–H groups in total. The van der Waals surface area contributed by atoms with Gasteiger partial charge in [-0.2, -0.15) is 0 Å². The van der Waals surface area contributed by atoms with E-state index in [0.717, 1.165) is 17.9 Å². The van der Waals surface area contributed by atoms with Crippen LogP contribution in [0.15, 0.2) is 18.3 Å². The van der Waals surface area contributed by atoms with Gasteiger partial charge in [0.25, 0.3) is 0 Å². The van der Waals surface area contributed by atoms with Gasteiger partial charge in [-0.3, -0.25) is 4.98 Å². The lowest BCUT2D eigenvalue weighted by Crippen LogP contribution is -2.18. The van der Waals surface area contributed by atoms with E-state index in [1.165, 1.54) is 19.3 Å². The van der Waals surface area contributed by atoms with E-state index in [0.29, 0.717) is 6.04 Å². The third kappa shape index (κ3) is 3.49. The fourth-order valence-electron chi connectivity index (χ4n) is 1.85. The smallest absolute Gasteiger partial charge is 0.141 e. The zero-order valence-corrected chi connectivity index (χ0v) is 10.5. The van der Waals surface area contributed by atoms with Crippen LogP contribution in [0.2, 0.25) is 0 Å². The topological polar surface area (TPSA) is 34.2 Å². The van der Waals surface area contributed by atoms with Crippen LogP contribution in [0.4, 0.5) is 0 Å². The van der Waals surface area contributed by atoms with Crippen LogP contribution >= 0.6 is 0 Å². The number of methoxy groups -OCH3 is 1. The molecule has 3 nitrogen and oxygen atoms in total. The second-order valence-electron chi connectivity index (χ2n) is 3.93. The first kappa shape index (κ1) is 13.0. The molecule has 0 saturated heterocycles. The molecule has 0 amide bonds. The summed E-state index contributed by atoms with van der Waals surface area (Å²) in [6.45, 7) is 2.22. The number of hydrogen-bond donors (Lipinski definition) is 1. The van der Waals surface area contributed by atoms with Crippen molar-refractivity contribution in [2.24, 2.45) is 0 Å². The molecule has 1 aromatic heterocycles. The molecule has 0 aliphatic rings. The summed E-state index contributed by atoms with van der Waals surface area (Å²) in [5, 5.41) is 3.31. The summed E-state index contributed by atoms with van der Waals surface area (Å²) >= 11 is 0. The van der Waals surface area contributed by atoms with Crippen LogP contribution in [0.5, 0.6) is 5.75 Å². The maximum Gasteiger partial charge on any atom is 0.141 e. The van der Waals surface area contributed by atoms with E-state index in [4.69, 9.17) is 4.74 Å². The summed E-state index contributed by atoms with van der Waals surface area (Å²) in [6, 6.07) is 4.16. The molecule has 0 radical (unpaired) electrons. The first-order valence-electron chi connectivity index (χ1n) is 5.99. The Bertz CT molecular complexity index is 302. The second kappa shape index (κ2) is 7.23. The van der Waals surface area contributed by atoms with Crippen LogP contribution in [0, 0.1) is 0 Å². The first-order chi connectivity index (χ1) is 7.83. The summed E-state index contributed by atoms with van der Waals surface area (Å²) < 4.78 is 5.33. The van der Waals surface area contributed by atoms with Crippen molar-refractivity contribution in [3.8, 4) is 5.75 Å². The third-order valence-corrected chi connectivity index (χ3v) is 2.79. The molecule has 1 aromatic rings. The van der Waals surface area contributed by atoms with Gasteiger partial charge in [0.05, 0.1) is 18.8 Å². The van der Waals surface area contributed by atoms with Crippen LogP contribution in [-0.2, 0) is 0 Å². The molecule has 0 aliphatic heterocycles. The SMILES string of the molecule is CCCCCC(NC)c1ncccc1OC. The molecule has 1 rings (SSSR count). The van der Waals surface area contributed by atoms with Gasteiger partial charge < -0.3 is 10.1 Å². The van der Waals surface area contributed by atoms with E-state index in [9.17, 15) is 0 Å². The molecule has 0 spiro atoms. The van der Waals surface area contributed by atoms with E-state index in [1.807, 2.05) is 25.4 Å². The summed E-state index contributed by atoms with van der Waals surface area (Å²) in [5.41, 5.74) is 1.02. The number of hydrogen-bond acceptors (Lipinski definition) is 3. The predicted molar refractivity (Wildman–Crippen MR) is 66.7 cm³/mol. The largest absolute Gasteiger partial charge is 0.495 e. The van der Waals surface area contributed by atoms with Crippen molar-refractivity contribution in [3.05, 3.63) is 24.0 Å². The predicted octanol–water partition coefficient (Wildman–Crippen LogP) is 2.93. The van der Waals surface area contributed by atoms with Crippen molar-refractivity contribution in [2.45, 2.75) is 38.6 Å². The van der Waals surface area contributed by atoms with Crippen LogP contribution in [0.25, 0.3) is 0 Å². The fraction of sp³-hybridized carbons (Fsp3) is 0.615.